The van der Waals surface area contributed by atoms with E-state index in [4.69, 9.17) is 0 Å². The average molecular weight is 179 g/mol. The second-order valence-corrected chi connectivity index (χ2v) is 3.94. The first-order valence-electron chi connectivity index (χ1n) is 4.14. The molecule has 0 amide bonds. The topological polar surface area (TPSA) is 38.7 Å². The molecule has 0 aromatic heterocycles. The molecule has 0 aliphatic carbocycles. The van der Waals surface area contributed by atoms with Crippen molar-refractivity contribution in [1.82, 2.24) is 0 Å². The van der Waals surface area contributed by atoms with Crippen LogP contribution in [0.4, 0.5) is 0 Å². The van der Waals surface area contributed by atoms with E-state index in [2.05, 4.69) is 30.9 Å². The Bertz CT molecular complexity index is 302. The van der Waals surface area contributed by atoms with Crippen molar-refractivity contribution >= 4 is 0 Å². The molecule has 1 rings (SSSR count). The zero-order valence-electron chi connectivity index (χ0n) is 8.07. The molecule has 3 nitrogen and oxygen atoms in total. The normalized spacial score (nSPS) is 11.0. The van der Waals surface area contributed by atoms with Gasteiger partial charge >= 0.3 is 0 Å². The lowest BCUT2D eigenvalue weighted by Gasteiger charge is -2.18. The Balaban J connectivity index is 2.98. The van der Waals surface area contributed by atoms with Crippen molar-refractivity contribution in [3.63, 3.8) is 0 Å². The Hall–Kier alpha value is -1.38. The fourth-order valence-corrected chi connectivity index (χ4v) is 1.06. The first-order chi connectivity index (χ1) is 6.04. The summed E-state index contributed by atoms with van der Waals surface area (Å²) in [6.45, 7) is 6.29. The van der Waals surface area contributed by atoms with Crippen molar-refractivity contribution in [2.75, 3.05) is 0 Å². The van der Waals surface area contributed by atoms with Gasteiger partial charge in [0.25, 0.3) is 0 Å². The van der Waals surface area contributed by atoms with Gasteiger partial charge in [-0.2, -0.15) is 0 Å². The molecule has 3 heteroatoms. The molecule has 0 spiro atoms. The van der Waals surface area contributed by atoms with Crippen LogP contribution in [0.3, 0.4) is 0 Å². The first kappa shape index (κ1) is 9.71. The Kier molecular flexibility index (Phi) is 2.66. The fourth-order valence-electron chi connectivity index (χ4n) is 1.06. The summed E-state index contributed by atoms with van der Waals surface area (Å²) in [5.74, 6) is 0.488. The van der Waals surface area contributed by atoms with Gasteiger partial charge in [-0.05, 0) is 23.1 Å². The van der Waals surface area contributed by atoms with Crippen LogP contribution in [0.25, 0.3) is 0 Å². The molecule has 1 aromatic carbocycles. The number of benzene rings is 1. The molecule has 0 saturated heterocycles. The zero-order valence-corrected chi connectivity index (χ0v) is 8.07. The second-order valence-electron chi connectivity index (χ2n) is 3.94. The molecule has 0 heterocycles. The molecule has 0 aliphatic rings. The maximum atomic E-state index is 9.86. The highest BCUT2D eigenvalue weighted by atomic mass is 16.7. The van der Waals surface area contributed by atoms with E-state index < -0.39 is 0 Å². The first-order valence-corrected chi connectivity index (χ1v) is 4.14. The van der Waals surface area contributed by atoms with Crippen LogP contribution in [0.1, 0.15) is 26.3 Å². The van der Waals surface area contributed by atoms with Crippen LogP contribution >= 0.6 is 0 Å². The highest BCUT2D eigenvalue weighted by Crippen LogP contribution is 2.25. The van der Waals surface area contributed by atoms with Gasteiger partial charge in [0.15, 0.2) is 11.1 Å². The van der Waals surface area contributed by atoms with E-state index in [1.807, 2.05) is 18.2 Å². The summed E-state index contributed by atoms with van der Waals surface area (Å²) in [6.07, 6.45) is 0. The SMILES string of the molecule is CC(C)(C)c1cccc(ON=O)c1. The second kappa shape index (κ2) is 3.56. The summed E-state index contributed by atoms with van der Waals surface area (Å²) in [7, 11) is 0. The van der Waals surface area contributed by atoms with Crippen LogP contribution in [0.5, 0.6) is 5.75 Å². The van der Waals surface area contributed by atoms with Crippen molar-refractivity contribution in [3.05, 3.63) is 34.7 Å². The van der Waals surface area contributed by atoms with Crippen molar-refractivity contribution in [2.24, 2.45) is 5.34 Å². The summed E-state index contributed by atoms with van der Waals surface area (Å²) in [4.78, 5) is 14.4. The Morgan fingerprint density at radius 2 is 2.00 bits per heavy atom. The molecule has 0 N–H and O–H groups in total. The molecule has 13 heavy (non-hydrogen) atoms. The predicted octanol–water partition coefficient (Wildman–Crippen LogP) is 3.04. The fraction of sp³-hybridized carbons (Fsp3) is 0.400. The third-order valence-corrected chi connectivity index (χ3v) is 1.84. The molecule has 1 aromatic rings. The summed E-state index contributed by atoms with van der Waals surface area (Å²) in [5, 5.41) is 2.38. The smallest absolute Gasteiger partial charge is 0.161 e. The van der Waals surface area contributed by atoms with Gasteiger partial charge in [0, 0.05) is 0 Å². The lowest BCUT2D eigenvalue weighted by atomic mass is 9.87. The molecule has 70 valence electrons. The molecule has 0 aliphatic heterocycles. The lowest BCUT2D eigenvalue weighted by molar-refractivity contribution is 0.334. The van der Waals surface area contributed by atoms with Crippen LogP contribution in [-0.4, -0.2) is 0 Å². The van der Waals surface area contributed by atoms with E-state index in [1.165, 1.54) is 0 Å². The van der Waals surface area contributed by atoms with E-state index >= 15 is 0 Å². The van der Waals surface area contributed by atoms with E-state index in [1.54, 1.807) is 6.07 Å². The van der Waals surface area contributed by atoms with Gasteiger partial charge < -0.3 is 4.84 Å². The average Bonchev–Trinajstić information content (AvgIpc) is 2.04. The van der Waals surface area contributed by atoms with Gasteiger partial charge in [-0.15, -0.1) is 4.91 Å². The van der Waals surface area contributed by atoms with Crippen LogP contribution < -0.4 is 4.84 Å². The molecule has 0 bridgehead atoms. The molecule has 0 atom stereocenters. The quantitative estimate of drug-likeness (QED) is 0.517. The van der Waals surface area contributed by atoms with Crippen molar-refractivity contribution < 1.29 is 4.84 Å². The highest BCUT2D eigenvalue weighted by Gasteiger charge is 2.13. The van der Waals surface area contributed by atoms with Crippen LogP contribution in [0, 0.1) is 4.91 Å². The number of hydrogen-bond donors (Lipinski definition) is 0. The maximum absolute atomic E-state index is 9.86. The largest absolute Gasteiger partial charge is 0.324 e. The monoisotopic (exact) mass is 179 g/mol. The Morgan fingerprint density at radius 1 is 1.31 bits per heavy atom. The van der Waals surface area contributed by atoms with Crippen molar-refractivity contribution in [1.29, 1.82) is 0 Å². The summed E-state index contributed by atoms with van der Waals surface area (Å²) >= 11 is 0. The summed E-state index contributed by atoms with van der Waals surface area (Å²) in [5.41, 5.74) is 1.18. The van der Waals surface area contributed by atoms with Gasteiger partial charge in [0.2, 0.25) is 0 Å². The van der Waals surface area contributed by atoms with Gasteiger partial charge in [0.1, 0.15) is 0 Å². The minimum Gasteiger partial charge on any atom is -0.324 e. The third-order valence-electron chi connectivity index (χ3n) is 1.84. The summed E-state index contributed by atoms with van der Waals surface area (Å²) in [6, 6.07) is 7.37. The molecular formula is C10H13NO2. The molecule has 0 fully saturated rings. The molecule has 0 saturated carbocycles. The molecular weight excluding hydrogens is 166 g/mol. The molecule has 0 unspecified atom stereocenters. The zero-order chi connectivity index (χ0) is 9.90. The Morgan fingerprint density at radius 3 is 2.54 bits per heavy atom. The number of rotatable bonds is 2. The minimum atomic E-state index is 0.0578. The third kappa shape index (κ3) is 2.54. The standard InChI is InChI=1S/C10H13NO2/c1-10(2,3)8-5-4-6-9(7-8)13-11-12/h4-7H,1-3H3. The highest BCUT2D eigenvalue weighted by molar-refractivity contribution is 5.32. The van der Waals surface area contributed by atoms with Gasteiger partial charge in [-0.3, -0.25) is 0 Å². The predicted molar refractivity (Wildman–Crippen MR) is 51.6 cm³/mol. The van der Waals surface area contributed by atoms with E-state index in [0.29, 0.717) is 5.75 Å². The van der Waals surface area contributed by atoms with Crippen LogP contribution in [0.15, 0.2) is 29.6 Å². The van der Waals surface area contributed by atoms with Crippen molar-refractivity contribution in [2.45, 2.75) is 26.2 Å². The Labute approximate surface area is 77.7 Å². The van der Waals surface area contributed by atoms with E-state index in [9.17, 15) is 4.91 Å². The number of nitrogens with zero attached hydrogens (tertiary/aromatic N) is 1. The maximum Gasteiger partial charge on any atom is 0.161 e. The van der Waals surface area contributed by atoms with Gasteiger partial charge in [-0.25, -0.2) is 0 Å². The summed E-state index contributed by atoms with van der Waals surface area (Å²) < 4.78 is 0. The van der Waals surface area contributed by atoms with E-state index in [0.717, 1.165) is 5.56 Å². The number of hydrogen-bond acceptors (Lipinski definition) is 3. The van der Waals surface area contributed by atoms with Crippen LogP contribution in [0.2, 0.25) is 0 Å². The van der Waals surface area contributed by atoms with Gasteiger partial charge in [0.05, 0.1) is 0 Å². The van der Waals surface area contributed by atoms with Crippen molar-refractivity contribution in [3.8, 4) is 5.75 Å². The van der Waals surface area contributed by atoms with Crippen LogP contribution in [-0.2, 0) is 5.41 Å². The van der Waals surface area contributed by atoms with Gasteiger partial charge in [-0.1, -0.05) is 32.9 Å². The molecule has 0 radical (unpaired) electrons. The van der Waals surface area contributed by atoms with E-state index in [-0.39, 0.29) is 5.41 Å². The minimum absolute atomic E-state index is 0.0578. The lowest BCUT2D eigenvalue weighted by Crippen LogP contribution is -2.10.